The summed E-state index contributed by atoms with van der Waals surface area (Å²) in [5.74, 6) is 1.79. The standard InChI is InChI=1S/C19H35NO2.C18H23NO3.C16H13ClN2O.C14H19NO2.C13H16N2.C11H16N4O4.C10H12N4O3.C9H13N/c1-3-20(4-2)15-16-22-18(21)19(13-9-6-10-14-19)17-11-7-5-8-12-17;1-19-8-7-18-11-4-5-13(20)17(18)22-16-14(21-2)6-3-10(15(16)18)9-12(11)19;1-19-14-8-7-12(17)9-13(14)16(18-10-15(19)20)11-5-3-2-4-6-11;1-17-14(16)13(11-7-3-2-4-8-11)12-9-5-6-10-15-12;1-9-5-4-6-12(10(9)2)11(3)13-7-14-8-15-13;1-7(15-5-10(18)13-11(19)6-15)2-14-3-8(16)12-9(17)4-14;15-3-6-1-2-7(17-6)14-5-13-8-9(14)11-4-12-10(8)16;1-8(10)7-9-5-3-2-4-6-9/h17H,3-16H2,1-2H3;3,6,11-13,17,20H,4-5,7-9H2,1-2H3;2-9H,10H2,1H3;2-4,7-8,12-13,15H,5-6,9-10H2,1H3;4-8,11H,1-3H3,(H,14,15);7H,2-6H2,1H3,(H,12,16,17)(H,13,18,19);4-7,15H,1-3H2,(H,11,12,16);2-6,8H,7,10H2,1H3/t;11-,12+,13-,17-,18-;;12-,13-;11-;7-;6-,7+;8-/m.0.10000/s1. The number of carbonyl (C=O) groups excluding carboxylic acids is 7. The molecule has 9 N–H and O–H groups in total. The van der Waals surface area contributed by atoms with E-state index < -0.39 is 0 Å². The largest absolute Gasteiger partial charge is 0.493 e. The van der Waals surface area contributed by atoms with Crippen LogP contribution in [0.3, 0.4) is 0 Å². The second kappa shape index (κ2) is 51.8. The second-order valence-electron chi connectivity index (χ2n) is 39.4. The Morgan fingerprint density at radius 3 is 2.04 bits per heavy atom. The third-order valence-electron chi connectivity index (χ3n) is 30.2. The number of nitrogens with one attached hydrogen (secondary N) is 5. The zero-order chi connectivity index (χ0) is 101. The van der Waals surface area contributed by atoms with Gasteiger partial charge in [0.25, 0.3) is 5.56 Å². The van der Waals surface area contributed by atoms with Crippen LogP contribution >= 0.6 is 11.6 Å². The summed E-state index contributed by atoms with van der Waals surface area (Å²) in [6.45, 7) is 21.6. The molecule has 12 atom stereocenters. The van der Waals surface area contributed by atoms with Crippen molar-refractivity contribution in [2.75, 3.05) is 118 Å². The summed E-state index contributed by atoms with van der Waals surface area (Å²) in [6, 6.07) is 47.2. The van der Waals surface area contributed by atoms with Crippen molar-refractivity contribution in [3.05, 3.63) is 236 Å². The van der Waals surface area contributed by atoms with Crippen LogP contribution in [0.2, 0.25) is 5.02 Å². The molecule has 142 heavy (non-hydrogen) atoms. The number of aromatic amines is 2. The summed E-state index contributed by atoms with van der Waals surface area (Å²) in [6.07, 6.45) is 28.1. The highest BCUT2D eigenvalue weighted by Gasteiger charge is 2.65. The number of hydrogen-bond acceptors (Lipinski definition) is 25. The zero-order valence-corrected chi connectivity index (χ0v) is 85.2. The van der Waals surface area contributed by atoms with Crippen molar-refractivity contribution >= 4 is 75.6 Å². The summed E-state index contributed by atoms with van der Waals surface area (Å²) in [7, 11) is 7.18. The van der Waals surface area contributed by atoms with Crippen LogP contribution in [-0.4, -0.2) is 262 Å². The van der Waals surface area contributed by atoms with Gasteiger partial charge in [-0.15, -0.1) is 0 Å². The lowest BCUT2D eigenvalue weighted by atomic mass is 9.51. The number of aliphatic hydroxyl groups is 2. The van der Waals surface area contributed by atoms with Gasteiger partial charge in [0.2, 0.25) is 29.5 Å². The molecule has 8 fully saturated rings. The van der Waals surface area contributed by atoms with Crippen LogP contribution in [0, 0.1) is 31.1 Å². The van der Waals surface area contributed by atoms with Crippen molar-refractivity contribution in [2.24, 2.45) is 28.0 Å². The molecule has 2 bridgehead atoms. The van der Waals surface area contributed by atoms with E-state index in [1.54, 1.807) is 52.1 Å². The number of aryl methyl sites for hydroxylation is 1. The molecule has 5 amide bonds. The van der Waals surface area contributed by atoms with E-state index in [4.69, 9.17) is 46.1 Å². The van der Waals surface area contributed by atoms with Crippen LogP contribution < -0.4 is 41.6 Å². The van der Waals surface area contributed by atoms with Crippen molar-refractivity contribution in [1.29, 1.82) is 0 Å². The first-order valence-corrected chi connectivity index (χ1v) is 51.3. The Balaban J connectivity index is 0.000000137. The number of methoxy groups -OCH3 is 2. The molecular weight excluding hydrogens is 1820 g/mol. The van der Waals surface area contributed by atoms with E-state index in [1.807, 2.05) is 117 Å². The number of piperidine rings is 2. The smallest absolute Gasteiger partial charge is 0.314 e. The van der Waals surface area contributed by atoms with Gasteiger partial charge in [0, 0.05) is 89.2 Å². The van der Waals surface area contributed by atoms with Gasteiger partial charge in [-0.25, -0.2) is 15.0 Å². The van der Waals surface area contributed by atoms with Gasteiger partial charge in [-0.3, -0.25) is 68.3 Å². The number of anilines is 1. The number of benzodiazepines with no additional fused rings is 1. The molecular formula is C110H147ClN16O15. The van der Waals surface area contributed by atoms with Gasteiger partial charge < -0.3 is 69.6 Å². The van der Waals surface area contributed by atoms with Gasteiger partial charge >= 0.3 is 11.9 Å². The average Bonchev–Trinajstić information content (AvgIpc) is 1.51. The molecule has 11 aliphatic rings. The number of piperazine rings is 2. The minimum absolute atomic E-state index is 0.00625. The number of imide groups is 2. The highest BCUT2D eigenvalue weighted by atomic mass is 35.5. The fourth-order valence-corrected chi connectivity index (χ4v) is 22.7. The number of aliphatic imine (C=N–C) groups is 1. The van der Waals surface area contributed by atoms with E-state index in [9.17, 15) is 43.5 Å². The molecule has 4 aliphatic carbocycles. The van der Waals surface area contributed by atoms with Gasteiger partial charge in [-0.2, -0.15) is 0 Å². The topological polar surface area (TPSA) is 389 Å². The van der Waals surface area contributed by atoms with Crippen molar-refractivity contribution in [2.45, 2.75) is 243 Å². The number of esters is 2. The lowest BCUT2D eigenvalue weighted by Crippen LogP contribution is -2.66. The predicted octanol–water partition coefficient (Wildman–Crippen LogP) is 13.2. The van der Waals surface area contributed by atoms with Crippen LogP contribution in [-0.2, 0) is 66.0 Å². The fraction of sp³-hybridized carbons (Fsp3) is 0.527. The number of likely N-dealkylation sites (tertiary alicyclic amines) is 1. The van der Waals surface area contributed by atoms with Crippen LogP contribution in [0.1, 0.15) is 224 Å². The number of imidazole rings is 2. The van der Waals surface area contributed by atoms with Crippen LogP contribution in [0.4, 0.5) is 5.69 Å². The number of carbonyl (C=O) groups is 7. The molecule has 20 rings (SSSR count). The molecule has 0 unspecified atom stereocenters. The third kappa shape index (κ3) is 26.9. The van der Waals surface area contributed by atoms with E-state index in [1.165, 1.54) is 117 Å². The van der Waals surface area contributed by atoms with Crippen molar-refractivity contribution in [1.82, 2.24) is 65.0 Å². The summed E-state index contributed by atoms with van der Waals surface area (Å²) >= 11 is 6.11. The second-order valence-corrected chi connectivity index (χ2v) is 39.8. The quantitative estimate of drug-likeness (QED) is 0.0245. The number of rotatable bonds is 21. The van der Waals surface area contributed by atoms with E-state index in [2.05, 4.69) is 134 Å². The molecule has 31 nitrogen and oxygen atoms in total. The van der Waals surface area contributed by atoms with E-state index in [0.29, 0.717) is 53.1 Å². The molecule has 6 aromatic carbocycles. The summed E-state index contributed by atoms with van der Waals surface area (Å²) in [4.78, 5) is 126. The molecule has 10 heterocycles. The Labute approximate surface area is 840 Å². The number of hydrogen-bond donors (Lipinski definition) is 8. The molecule has 764 valence electrons. The lowest BCUT2D eigenvalue weighted by Gasteiger charge is -2.58. The average molecular weight is 1970 g/mol. The number of amides is 5. The Kier molecular flexibility index (Phi) is 39.4. The molecule has 3 aromatic heterocycles. The van der Waals surface area contributed by atoms with Gasteiger partial charge in [0.15, 0.2) is 22.7 Å². The maximum Gasteiger partial charge on any atom is 0.314 e. The Hall–Kier alpha value is -11.2. The Morgan fingerprint density at radius 2 is 1.40 bits per heavy atom. The first kappa shape index (κ1) is 108. The maximum absolute atomic E-state index is 12.9. The molecule has 9 aromatic rings. The monoisotopic (exact) mass is 1970 g/mol. The lowest BCUT2D eigenvalue weighted by molar-refractivity contribution is -0.164. The number of ether oxygens (including phenoxy) is 5. The predicted molar refractivity (Wildman–Crippen MR) is 550 cm³/mol. The van der Waals surface area contributed by atoms with Crippen LogP contribution in [0.25, 0.3) is 11.2 Å². The van der Waals surface area contributed by atoms with E-state index >= 15 is 0 Å². The summed E-state index contributed by atoms with van der Waals surface area (Å²) in [5.41, 5.74) is 20.0. The third-order valence-corrected chi connectivity index (χ3v) is 30.4. The number of nitrogens with two attached hydrogens (primary N) is 1. The number of likely N-dealkylation sites (N-methyl/N-ethyl adjacent to an activating group) is 3. The number of halogens is 1. The maximum atomic E-state index is 12.9. The van der Waals surface area contributed by atoms with Gasteiger partial charge in [0.1, 0.15) is 25.5 Å². The summed E-state index contributed by atoms with van der Waals surface area (Å²) < 4.78 is 30.0. The number of aromatic nitrogens is 6. The minimum atomic E-state index is -0.358. The number of H-pyrrole nitrogens is 2. The fourth-order valence-electron chi connectivity index (χ4n) is 22.5. The molecule has 1 spiro atoms. The number of nitrogens with zero attached hydrogens (tertiary/aromatic N) is 10. The first-order valence-electron chi connectivity index (χ1n) is 50.9. The van der Waals surface area contributed by atoms with Gasteiger partial charge in [0.05, 0.1) is 101 Å². The molecule has 5 saturated heterocycles. The molecule has 7 aliphatic heterocycles. The van der Waals surface area contributed by atoms with Crippen molar-refractivity contribution in [3.63, 3.8) is 0 Å². The highest BCUT2D eigenvalue weighted by Crippen LogP contribution is 2.64. The number of aliphatic hydroxyl groups excluding tert-OH is 2. The number of fused-ring (bicyclic) bond motifs is 2. The normalized spacial score (nSPS) is 23.1. The van der Waals surface area contributed by atoms with Gasteiger partial charge in [-0.05, 0) is 214 Å². The van der Waals surface area contributed by atoms with Crippen LogP contribution in [0.5, 0.6) is 11.5 Å². The molecule has 32 heteroatoms. The highest BCUT2D eigenvalue weighted by molar-refractivity contribution is 6.32. The van der Waals surface area contributed by atoms with Crippen LogP contribution in [0.15, 0.2) is 174 Å². The Morgan fingerprint density at radius 1 is 0.725 bits per heavy atom. The first-order chi connectivity index (χ1) is 68.6. The summed E-state index contributed by atoms with van der Waals surface area (Å²) in [5, 5.41) is 28.2. The minimum Gasteiger partial charge on any atom is -0.493 e. The molecule has 0 radical (unpaired) electrons. The number of benzene rings is 6. The van der Waals surface area contributed by atoms with E-state index in [0.717, 1.165) is 137 Å². The van der Waals surface area contributed by atoms with E-state index in [-0.39, 0.29) is 146 Å². The van der Waals surface area contributed by atoms with Gasteiger partial charge in [-0.1, -0.05) is 193 Å². The SMILES string of the molecule is CCN(CC)CCOC(=O)C1(C2CCCCC2)CCCCC1.CN1C(=O)CN=C(c2ccccc2)c2cc(Cl)ccc21.COC(=O)[C@H](c1ccccc1)[C@H]1CCCCN1.COc1ccc2c3c1O[C@H]1[C@@H](O)CC[C@H]4[C@@H](C2)N(C)CC[C@@]341.C[C@@H](CN1CC(=O)NC(=O)C1)N1CC(=O)NC(=O)C1.C[C@H](N)Cc1ccccc1.Cc1cccc([C@H](C)c2cnc[nH]2)c1C.O=c1[nH]cnc2c1ncn2[C@H]1CC[C@@H](CO)O1. The zero-order valence-electron chi connectivity index (χ0n) is 84.5. The molecule has 3 saturated carbocycles. The van der Waals surface area contributed by atoms with Crippen molar-refractivity contribution < 1.29 is 67.5 Å². The van der Waals surface area contributed by atoms with Crippen molar-refractivity contribution in [3.8, 4) is 11.5 Å². The Bertz CT molecular complexity index is 5700.